The second-order valence-electron chi connectivity index (χ2n) is 9.36. The van der Waals surface area contributed by atoms with E-state index in [2.05, 4.69) is 10.0 Å². The summed E-state index contributed by atoms with van der Waals surface area (Å²) < 4.78 is 67.4. The van der Waals surface area contributed by atoms with Crippen LogP contribution < -0.4 is 23.8 Å². The Hall–Kier alpha value is -4.55. The SMILES string of the molecule is COc1ccc(N(CC(=O)Nc2ccc(S(=O)(=O)Nc3ccc(C)cc3C)cc2)S(=O)(=O)c2ccccc2)c(OC)c1. The number of nitrogens with one attached hydrogen (secondary N) is 2. The lowest BCUT2D eigenvalue weighted by molar-refractivity contribution is -0.114. The van der Waals surface area contributed by atoms with Crippen LogP contribution in [0.2, 0.25) is 0 Å². The number of nitrogens with zero attached hydrogens (tertiary/aromatic N) is 1. The molecule has 0 saturated heterocycles. The molecular formula is C30H31N3O7S2. The largest absolute Gasteiger partial charge is 0.497 e. The minimum absolute atomic E-state index is 0.00303. The van der Waals surface area contributed by atoms with Gasteiger partial charge in [-0.05, 0) is 74.0 Å². The quantitative estimate of drug-likeness (QED) is 0.246. The van der Waals surface area contributed by atoms with Gasteiger partial charge in [-0.25, -0.2) is 16.8 Å². The van der Waals surface area contributed by atoms with Gasteiger partial charge >= 0.3 is 0 Å². The number of rotatable bonds is 11. The van der Waals surface area contributed by atoms with Crippen molar-refractivity contribution in [2.75, 3.05) is 35.1 Å². The summed E-state index contributed by atoms with van der Waals surface area (Å²) in [6, 6.07) is 23.2. The third-order valence-electron chi connectivity index (χ3n) is 6.35. The van der Waals surface area contributed by atoms with E-state index in [1.807, 2.05) is 26.0 Å². The van der Waals surface area contributed by atoms with Crippen molar-refractivity contribution in [3.8, 4) is 11.5 Å². The van der Waals surface area contributed by atoms with E-state index >= 15 is 0 Å². The molecule has 0 heterocycles. The summed E-state index contributed by atoms with van der Waals surface area (Å²) in [6.07, 6.45) is 0. The highest BCUT2D eigenvalue weighted by atomic mass is 32.2. The first-order chi connectivity index (χ1) is 19.9. The van der Waals surface area contributed by atoms with E-state index in [9.17, 15) is 21.6 Å². The zero-order valence-electron chi connectivity index (χ0n) is 23.5. The Morgan fingerprint density at radius 1 is 0.786 bits per heavy atom. The minimum Gasteiger partial charge on any atom is -0.497 e. The molecule has 0 aliphatic heterocycles. The summed E-state index contributed by atoms with van der Waals surface area (Å²) >= 11 is 0. The van der Waals surface area contributed by atoms with Crippen molar-refractivity contribution in [3.05, 3.63) is 102 Å². The zero-order chi connectivity index (χ0) is 30.5. The van der Waals surface area contributed by atoms with Crippen LogP contribution in [-0.4, -0.2) is 43.5 Å². The smallest absolute Gasteiger partial charge is 0.264 e. The number of methoxy groups -OCH3 is 2. The summed E-state index contributed by atoms with van der Waals surface area (Å²) in [5.74, 6) is -0.0249. The summed E-state index contributed by atoms with van der Waals surface area (Å²) in [6.45, 7) is 3.14. The number of hydrogen-bond donors (Lipinski definition) is 2. The number of hydrogen-bond acceptors (Lipinski definition) is 7. The van der Waals surface area contributed by atoms with E-state index in [1.165, 1.54) is 62.8 Å². The molecule has 0 aromatic heterocycles. The van der Waals surface area contributed by atoms with E-state index in [4.69, 9.17) is 9.47 Å². The van der Waals surface area contributed by atoms with Crippen LogP contribution >= 0.6 is 0 Å². The molecule has 0 aliphatic carbocycles. The summed E-state index contributed by atoms with van der Waals surface area (Å²) in [5, 5.41) is 2.64. The number of carbonyl (C=O) groups is 1. The fraction of sp³-hybridized carbons (Fsp3) is 0.167. The van der Waals surface area contributed by atoms with Crippen molar-refractivity contribution < 1.29 is 31.1 Å². The molecule has 0 atom stereocenters. The number of sulfonamides is 2. The molecule has 42 heavy (non-hydrogen) atoms. The monoisotopic (exact) mass is 609 g/mol. The molecule has 0 aliphatic rings. The highest BCUT2D eigenvalue weighted by Gasteiger charge is 2.30. The lowest BCUT2D eigenvalue weighted by Gasteiger charge is -2.26. The fourth-order valence-corrected chi connectivity index (χ4v) is 6.77. The van der Waals surface area contributed by atoms with Crippen molar-refractivity contribution >= 4 is 43.0 Å². The fourth-order valence-electron chi connectivity index (χ4n) is 4.19. The van der Waals surface area contributed by atoms with E-state index in [0.29, 0.717) is 11.4 Å². The van der Waals surface area contributed by atoms with Crippen molar-refractivity contribution in [3.63, 3.8) is 0 Å². The summed E-state index contributed by atoms with van der Waals surface area (Å²) in [7, 11) is -5.22. The van der Waals surface area contributed by atoms with Gasteiger partial charge in [0.05, 0.1) is 35.4 Å². The molecule has 0 radical (unpaired) electrons. The van der Waals surface area contributed by atoms with Crippen LogP contribution in [0.4, 0.5) is 17.1 Å². The molecule has 4 aromatic rings. The third kappa shape index (κ3) is 6.84. The molecule has 0 fully saturated rings. The highest BCUT2D eigenvalue weighted by Crippen LogP contribution is 2.35. The number of anilines is 3. The topological polar surface area (TPSA) is 131 Å². The first kappa shape index (κ1) is 30.4. The molecular weight excluding hydrogens is 578 g/mol. The minimum atomic E-state index is -4.19. The van der Waals surface area contributed by atoms with Crippen molar-refractivity contribution in [1.82, 2.24) is 0 Å². The maximum absolute atomic E-state index is 13.7. The molecule has 0 spiro atoms. The van der Waals surface area contributed by atoms with Gasteiger partial charge in [-0.2, -0.15) is 0 Å². The van der Waals surface area contributed by atoms with Gasteiger partial charge in [0, 0.05) is 11.8 Å². The van der Waals surface area contributed by atoms with Gasteiger partial charge in [0.25, 0.3) is 20.0 Å². The van der Waals surface area contributed by atoms with Crippen LogP contribution in [0.25, 0.3) is 0 Å². The van der Waals surface area contributed by atoms with Gasteiger partial charge in [0.15, 0.2) is 0 Å². The summed E-state index contributed by atoms with van der Waals surface area (Å²) in [4.78, 5) is 13.2. The molecule has 220 valence electrons. The predicted molar refractivity (Wildman–Crippen MR) is 162 cm³/mol. The van der Waals surface area contributed by atoms with Gasteiger partial charge < -0.3 is 14.8 Å². The van der Waals surface area contributed by atoms with E-state index in [1.54, 1.807) is 30.3 Å². The molecule has 10 nitrogen and oxygen atoms in total. The van der Waals surface area contributed by atoms with E-state index in [-0.39, 0.29) is 26.9 Å². The Balaban J connectivity index is 1.57. The number of aryl methyl sites for hydroxylation is 2. The van der Waals surface area contributed by atoms with Crippen molar-refractivity contribution in [2.45, 2.75) is 23.6 Å². The van der Waals surface area contributed by atoms with Gasteiger partial charge in [-0.3, -0.25) is 13.8 Å². The average Bonchev–Trinajstić information content (AvgIpc) is 2.97. The Bertz CT molecular complexity index is 1790. The molecule has 4 rings (SSSR count). The second-order valence-corrected chi connectivity index (χ2v) is 12.9. The summed E-state index contributed by atoms with van der Waals surface area (Å²) in [5.41, 5.74) is 2.68. The van der Waals surface area contributed by atoms with Gasteiger partial charge in [-0.15, -0.1) is 0 Å². The van der Waals surface area contributed by atoms with Crippen molar-refractivity contribution in [2.24, 2.45) is 0 Å². The van der Waals surface area contributed by atoms with Gasteiger partial charge in [-0.1, -0.05) is 35.9 Å². The van der Waals surface area contributed by atoms with Crippen LogP contribution in [0.15, 0.2) is 101 Å². The molecule has 0 unspecified atom stereocenters. The Morgan fingerprint density at radius 2 is 1.48 bits per heavy atom. The van der Waals surface area contributed by atoms with Gasteiger partial charge in [0.1, 0.15) is 18.0 Å². The average molecular weight is 610 g/mol. The Labute approximate surface area is 246 Å². The Morgan fingerprint density at radius 3 is 2.10 bits per heavy atom. The molecule has 0 bridgehead atoms. The van der Waals surface area contributed by atoms with Crippen LogP contribution in [0.5, 0.6) is 11.5 Å². The number of amides is 1. The van der Waals surface area contributed by atoms with E-state index < -0.39 is 32.5 Å². The van der Waals surface area contributed by atoms with E-state index in [0.717, 1.165) is 15.4 Å². The first-order valence-corrected chi connectivity index (χ1v) is 15.7. The lowest BCUT2D eigenvalue weighted by Crippen LogP contribution is -2.38. The standard InChI is InChI=1S/C30H31N3O7S2/c1-21-10-16-27(22(2)18-21)32-41(35,36)25-14-11-23(12-15-25)31-30(34)20-33(42(37,38)26-8-6-5-7-9-26)28-17-13-24(39-3)19-29(28)40-4/h5-19,32H,20H2,1-4H3,(H,31,34). The number of ether oxygens (including phenoxy) is 2. The molecule has 4 aromatic carbocycles. The van der Waals surface area contributed by atoms with Crippen LogP contribution in [0.3, 0.4) is 0 Å². The van der Waals surface area contributed by atoms with Crippen LogP contribution in [0, 0.1) is 13.8 Å². The molecule has 2 N–H and O–H groups in total. The van der Waals surface area contributed by atoms with Crippen molar-refractivity contribution in [1.29, 1.82) is 0 Å². The third-order valence-corrected chi connectivity index (χ3v) is 9.50. The molecule has 0 saturated carbocycles. The number of carbonyl (C=O) groups excluding carboxylic acids is 1. The lowest BCUT2D eigenvalue weighted by atomic mass is 10.1. The predicted octanol–water partition coefficient (Wildman–Crippen LogP) is 4.96. The number of benzene rings is 4. The Kier molecular flexibility index (Phi) is 9.08. The molecule has 12 heteroatoms. The van der Waals surface area contributed by atoms with Crippen LogP contribution in [0.1, 0.15) is 11.1 Å². The highest BCUT2D eigenvalue weighted by molar-refractivity contribution is 7.93. The zero-order valence-corrected chi connectivity index (χ0v) is 25.1. The first-order valence-electron chi connectivity index (χ1n) is 12.7. The molecule has 1 amide bonds. The van der Waals surface area contributed by atoms with Crippen LogP contribution in [-0.2, 0) is 24.8 Å². The maximum atomic E-state index is 13.7. The van der Waals surface area contributed by atoms with Gasteiger partial charge in [0.2, 0.25) is 5.91 Å². The maximum Gasteiger partial charge on any atom is 0.264 e. The second kappa shape index (κ2) is 12.5. The normalized spacial score (nSPS) is 11.4.